The molecule has 1 aliphatic heterocycles. The minimum Gasteiger partial charge on any atom is -0.398 e. The molecule has 0 aromatic heterocycles. The largest absolute Gasteiger partial charge is 0.398 e. The Morgan fingerprint density at radius 3 is 3.00 bits per heavy atom. The summed E-state index contributed by atoms with van der Waals surface area (Å²) in [4.78, 5) is 4.61. The third kappa shape index (κ3) is 1.91. The summed E-state index contributed by atoms with van der Waals surface area (Å²) >= 11 is 0. The number of piperidine rings is 1. The Morgan fingerprint density at radius 2 is 2.44 bits per heavy atom. The summed E-state index contributed by atoms with van der Waals surface area (Å²) in [5.74, 6) is 0.990. The molecule has 1 N–H and O–H groups in total. The number of nitrogens with zero attached hydrogens (tertiary/aromatic N) is 1. The maximum atomic E-state index is 4.61. The van der Waals surface area contributed by atoms with Crippen LogP contribution in [0.25, 0.3) is 0 Å². The van der Waals surface area contributed by atoms with Gasteiger partial charge in [0.1, 0.15) is 12.9 Å². The zero-order valence-corrected chi connectivity index (χ0v) is 5.68. The third-order valence-corrected chi connectivity index (χ3v) is 1.37. The van der Waals surface area contributed by atoms with Crippen LogP contribution in [-0.2, 0) is 4.84 Å². The molecule has 0 bridgehead atoms. The van der Waals surface area contributed by atoms with E-state index in [0.29, 0.717) is 0 Å². The van der Waals surface area contributed by atoms with Crippen LogP contribution >= 0.6 is 0 Å². The normalized spacial score (nSPS) is 23.4. The number of amidine groups is 1. The molecule has 0 spiro atoms. The van der Waals surface area contributed by atoms with E-state index in [1.807, 2.05) is 0 Å². The van der Waals surface area contributed by atoms with Gasteiger partial charge in [-0.3, -0.25) is 0 Å². The summed E-state index contributed by atoms with van der Waals surface area (Å²) in [6, 6.07) is 0. The maximum absolute atomic E-state index is 4.61. The second-order valence-electron chi connectivity index (χ2n) is 2.10. The Hall–Kier alpha value is -0.730. The van der Waals surface area contributed by atoms with Gasteiger partial charge < -0.3 is 10.2 Å². The van der Waals surface area contributed by atoms with Gasteiger partial charge >= 0.3 is 0 Å². The van der Waals surface area contributed by atoms with Gasteiger partial charge in [-0.1, -0.05) is 5.16 Å². The molecule has 52 valence electrons. The summed E-state index contributed by atoms with van der Waals surface area (Å²) in [6.45, 7) is 1.04. The lowest BCUT2D eigenvalue weighted by Crippen LogP contribution is -2.28. The fourth-order valence-corrected chi connectivity index (χ4v) is 0.927. The monoisotopic (exact) mass is 128 g/mol. The van der Waals surface area contributed by atoms with E-state index in [0.717, 1.165) is 18.8 Å². The molecule has 0 aromatic rings. The number of hydrogen-bond donors (Lipinski definition) is 1. The Labute approximate surface area is 55.1 Å². The highest BCUT2D eigenvalue weighted by atomic mass is 16.6. The highest BCUT2D eigenvalue weighted by Gasteiger charge is 2.04. The lowest BCUT2D eigenvalue weighted by Gasteiger charge is -2.13. The predicted octanol–water partition coefficient (Wildman–Crippen LogP) is 0.720. The molecule has 0 unspecified atom stereocenters. The van der Waals surface area contributed by atoms with Crippen molar-refractivity contribution in [3.8, 4) is 0 Å². The van der Waals surface area contributed by atoms with Crippen molar-refractivity contribution in [2.75, 3.05) is 13.7 Å². The van der Waals surface area contributed by atoms with Crippen molar-refractivity contribution in [1.29, 1.82) is 0 Å². The van der Waals surface area contributed by atoms with Gasteiger partial charge in [-0.2, -0.15) is 0 Å². The molecule has 0 amide bonds. The van der Waals surface area contributed by atoms with Crippen LogP contribution < -0.4 is 5.32 Å². The zero-order chi connectivity index (χ0) is 6.53. The van der Waals surface area contributed by atoms with Gasteiger partial charge in [-0.15, -0.1) is 0 Å². The summed E-state index contributed by atoms with van der Waals surface area (Å²) in [7, 11) is 1.57. The zero-order valence-electron chi connectivity index (χ0n) is 5.68. The van der Waals surface area contributed by atoms with Crippen LogP contribution in [0.1, 0.15) is 19.3 Å². The average Bonchev–Trinajstić information content (AvgIpc) is 1.91. The van der Waals surface area contributed by atoms with Crippen LogP contribution in [0.5, 0.6) is 0 Å². The molecule has 1 fully saturated rings. The summed E-state index contributed by atoms with van der Waals surface area (Å²) < 4.78 is 0. The highest BCUT2D eigenvalue weighted by molar-refractivity contribution is 5.82. The maximum Gasteiger partial charge on any atom is 0.141 e. The van der Waals surface area contributed by atoms with E-state index in [-0.39, 0.29) is 0 Å². The molecule has 3 nitrogen and oxygen atoms in total. The average molecular weight is 128 g/mol. The Morgan fingerprint density at radius 1 is 1.56 bits per heavy atom. The molecule has 9 heavy (non-hydrogen) atoms. The molecular formula is C6H12N2O. The van der Waals surface area contributed by atoms with Gasteiger partial charge in [0.2, 0.25) is 0 Å². The first-order chi connectivity index (χ1) is 4.43. The third-order valence-electron chi connectivity index (χ3n) is 1.37. The van der Waals surface area contributed by atoms with Crippen molar-refractivity contribution in [1.82, 2.24) is 5.32 Å². The highest BCUT2D eigenvalue weighted by Crippen LogP contribution is 2.01. The molecule has 1 rings (SSSR count). The molecule has 0 saturated carbocycles. The molecule has 0 radical (unpaired) electrons. The van der Waals surface area contributed by atoms with E-state index in [4.69, 9.17) is 0 Å². The molecule has 0 aliphatic carbocycles. The second kappa shape index (κ2) is 3.33. The number of nitrogens with one attached hydrogen (secondary N) is 1. The van der Waals surface area contributed by atoms with Crippen LogP contribution in [0.4, 0.5) is 0 Å². The number of hydrogen-bond acceptors (Lipinski definition) is 2. The molecule has 0 aromatic carbocycles. The summed E-state index contributed by atoms with van der Waals surface area (Å²) in [5, 5.41) is 6.93. The Bertz CT molecular complexity index is 104. The van der Waals surface area contributed by atoms with Gasteiger partial charge in [0.15, 0.2) is 0 Å². The van der Waals surface area contributed by atoms with Gasteiger partial charge in [0.25, 0.3) is 0 Å². The predicted molar refractivity (Wildman–Crippen MR) is 36.3 cm³/mol. The topological polar surface area (TPSA) is 33.6 Å². The SMILES string of the molecule is CO/N=C1/CCCCN1. The van der Waals surface area contributed by atoms with Crippen LogP contribution in [0.3, 0.4) is 0 Å². The van der Waals surface area contributed by atoms with Gasteiger partial charge in [-0.05, 0) is 12.8 Å². The van der Waals surface area contributed by atoms with Gasteiger partial charge in [-0.25, -0.2) is 0 Å². The van der Waals surface area contributed by atoms with E-state index < -0.39 is 0 Å². The molecule has 1 aliphatic rings. The number of rotatable bonds is 1. The van der Waals surface area contributed by atoms with E-state index in [9.17, 15) is 0 Å². The molecule has 1 saturated heterocycles. The standard InChI is InChI=1S/C6H12N2O/c1-9-8-6-4-2-3-5-7-6/h2-5H2,1H3,(H,7,8). The quantitative estimate of drug-likeness (QED) is 0.528. The molecule has 3 heteroatoms. The lowest BCUT2D eigenvalue weighted by molar-refractivity contribution is 0.210. The first-order valence-corrected chi connectivity index (χ1v) is 3.27. The van der Waals surface area contributed by atoms with Gasteiger partial charge in [0, 0.05) is 13.0 Å². The number of oxime groups is 1. The fraction of sp³-hybridized carbons (Fsp3) is 0.833. The van der Waals surface area contributed by atoms with Crippen molar-refractivity contribution in [3.05, 3.63) is 0 Å². The molecular weight excluding hydrogens is 116 g/mol. The molecule has 1 heterocycles. The van der Waals surface area contributed by atoms with Crippen molar-refractivity contribution >= 4 is 5.84 Å². The first-order valence-electron chi connectivity index (χ1n) is 3.27. The molecule has 0 atom stereocenters. The van der Waals surface area contributed by atoms with Crippen molar-refractivity contribution in [2.24, 2.45) is 5.16 Å². The summed E-state index contributed by atoms with van der Waals surface area (Å²) in [5.41, 5.74) is 0. The Balaban J connectivity index is 2.30. The van der Waals surface area contributed by atoms with E-state index in [1.54, 1.807) is 7.11 Å². The van der Waals surface area contributed by atoms with Crippen LogP contribution in [0, 0.1) is 0 Å². The smallest absolute Gasteiger partial charge is 0.141 e. The van der Waals surface area contributed by atoms with Crippen LogP contribution in [0.15, 0.2) is 5.16 Å². The van der Waals surface area contributed by atoms with Crippen molar-refractivity contribution in [3.63, 3.8) is 0 Å². The van der Waals surface area contributed by atoms with E-state index in [2.05, 4.69) is 15.3 Å². The summed E-state index contributed by atoms with van der Waals surface area (Å²) in [6.07, 6.45) is 3.52. The van der Waals surface area contributed by atoms with Crippen LogP contribution in [-0.4, -0.2) is 19.5 Å². The van der Waals surface area contributed by atoms with Crippen molar-refractivity contribution < 1.29 is 4.84 Å². The first kappa shape index (κ1) is 6.39. The van der Waals surface area contributed by atoms with E-state index in [1.165, 1.54) is 12.8 Å². The fourth-order valence-electron chi connectivity index (χ4n) is 0.927. The van der Waals surface area contributed by atoms with Crippen LogP contribution in [0.2, 0.25) is 0 Å². The Kier molecular flexibility index (Phi) is 2.36. The minimum atomic E-state index is 0.990. The second-order valence-corrected chi connectivity index (χ2v) is 2.10. The van der Waals surface area contributed by atoms with Crippen molar-refractivity contribution in [2.45, 2.75) is 19.3 Å². The van der Waals surface area contributed by atoms with Gasteiger partial charge in [0.05, 0.1) is 0 Å². The minimum absolute atomic E-state index is 0.990. The lowest BCUT2D eigenvalue weighted by atomic mass is 10.2. The van der Waals surface area contributed by atoms with E-state index >= 15 is 0 Å².